The fourth-order valence-corrected chi connectivity index (χ4v) is 4.10. The third-order valence-corrected chi connectivity index (χ3v) is 5.82. The summed E-state index contributed by atoms with van der Waals surface area (Å²) >= 11 is 0. The van der Waals surface area contributed by atoms with Crippen molar-refractivity contribution in [3.63, 3.8) is 0 Å². The second kappa shape index (κ2) is 9.91. The molecule has 33 heavy (non-hydrogen) atoms. The minimum absolute atomic E-state index is 0.0854. The molecule has 1 aromatic carbocycles. The van der Waals surface area contributed by atoms with Crippen molar-refractivity contribution in [2.75, 3.05) is 47.5 Å². The van der Waals surface area contributed by atoms with Crippen LogP contribution in [0.15, 0.2) is 41.1 Å². The molecule has 0 bridgehead atoms. The summed E-state index contributed by atoms with van der Waals surface area (Å²) in [5.74, 6) is 2.28. The van der Waals surface area contributed by atoms with Gasteiger partial charge in [-0.3, -0.25) is 14.7 Å². The number of benzene rings is 1. The SMILES string of the molecule is COc1ccc(CN2CCN(C(=O)c3c(-c4ccccn4)noc3C)CC2)c(OC)c1OC. The highest BCUT2D eigenvalue weighted by Crippen LogP contribution is 2.40. The summed E-state index contributed by atoms with van der Waals surface area (Å²) in [5.41, 5.74) is 2.58. The van der Waals surface area contributed by atoms with Crippen molar-refractivity contribution in [1.82, 2.24) is 19.9 Å². The fourth-order valence-electron chi connectivity index (χ4n) is 4.10. The summed E-state index contributed by atoms with van der Waals surface area (Å²) in [4.78, 5) is 21.8. The number of aryl methyl sites for hydroxylation is 1. The Bertz CT molecular complexity index is 1110. The van der Waals surface area contributed by atoms with Gasteiger partial charge in [0.1, 0.15) is 17.0 Å². The molecule has 0 unspecified atom stereocenters. The third kappa shape index (κ3) is 4.49. The van der Waals surface area contributed by atoms with Crippen LogP contribution >= 0.6 is 0 Å². The molecule has 1 aliphatic rings. The molecule has 174 valence electrons. The van der Waals surface area contributed by atoms with Crippen LogP contribution in [0, 0.1) is 6.92 Å². The van der Waals surface area contributed by atoms with E-state index in [2.05, 4.69) is 15.0 Å². The van der Waals surface area contributed by atoms with E-state index in [1.54, 1.807) is 34.4 Å². The maximum absolute atomic E-state index is 13.3. The molecular weight excluding hydrogens is 424 g/mol. The van der Waals surface area contributed by atoms with E-state index in [0.717, 1.165) is 18.7 Å². The summed E-state index contributed by atoms with van der Waals surface area (Å²) in [6.07, 6.45) is 1.68. The van der Waals surface area contributed by atoms with Gasteiger partial charge in [0.15, 0.2) is 11.5 Å². The minimum atomic E-state index is -0.0854. The second-order valence-electron chi connectivity index (χ2n) is 7.74. The predicted octanol–water partition coefficient (Wildman–Crippen LogP) is 3.03. The van der Waals surface area contributed by atoms with E-state index in [0.29, 0.717) is 59.6 Å². The highest BCUT2D eigenvalue weighted by atomic mass is 16.5. The molecule has 0 N–H and O–H groups in total. The number of aromatic nitrogens is 2. The number of carbonyl (C=O) groups is 1. The molecule has 1 aliphatic heterocycles. The van der Waals surface area contributed by atoms with Gasteiger partial charge < -0.3 is 23.6 Å². The normalized spacial score (nSPS) is 14.2. The first-order valence-electron chi connectivity index (χ1n) is 10.7. The lowest BCUT2D eigenvalue weighted by atomic mass is 10.1. The van der Waals surface area contributed by atoms with Crippen LogP contribution in [0.4, 0.5) is 0 Å². The van der Waals surface area contributed by atoms with E-state index in [4.69, 9.17) is 18.7 Å². The molecule has 1 amide bonds. The van der Waals surface area contributed by atoms with Crippen molar-refractivity contribution in [1.29, 1.82) is 0 Å². The molecule has 9 nitrogen and oxygen atoms in total. The van der Waals surface area contributed by atoms with Crippen molar-refractivity contribution in [2.24, 2.45) is 0 Å². The lowest BCUT2D eigenvalue weighted by Crippen LogP contribution is -2.48. The van der Waals surface area contributed by atoms with Gasteiger partial charge in [-0.2, -0.15) is 0 Å². The van der Waals surface area contributed by atoms with E-state index in [-0.39, 0.29) is 5.91 Å². The number of piperazine rings is 1. The highest BCUT2D eigenvalue weighted by Gasteiger charge is 2.29. The van der Waals surface area contributed by atoms with Crippen LogP contribution in [-0.4, -0.2) is 73.4 Å². The number of hydrogen-bond acceptors (Lipinski definition) is 8. The number of nitrogens with zero attached hydrogens (tertiary/aromatic N) is 4. The zero-order valence-electron chi connectivity index (χ0n) is 19.3. The van der Waals surface area contributed by atoms with Crippen molar-refractivity contribution < 1.29 is 23.5 Å². The average Bonchev–Trinajstić information content (AvgIpc) is 3.25. The standard InChI is InChI=1S/C24H28N4O5/c1-16-20(21(26-33-16)18-7-5-6-10-25-18)24(29)28-13-11-27(12-14-28)15-17-8-9-19(30-2)23(32-4)22(17)31-3/h5-10H,11-15H2,1-4H3. The van der Waals surface area contributed by atoms with Gasteiger partial charge in [-0.25, -0.2) is 0 Å². The topological polar surface area (TPSA) is 90.2 Å². The number of carbonyl (C=O) groups excluding carboxylic acids is 1. The first-order valence-corrected chi connectivity index (χ1v) is 10.7. The molecule has 3 heterocycles. The number of rotatable bonds is 7. The largest absolute Gasteiger partial charge is 0.493 e. The minimum Gasteiger partial charge on any atom is -0.493 e. The number of pyridine rings is 1. The van der Waals surface area contributed by atoms with Crippen LogP contribution in [0.1, 0.15) is 21.7 Å². The maximum atomic E-state index is 13.3. The Morgan fingerprint density at radius 3 is 2.39 bits per heavy atom. The predicted molar refractivity (Wildman–Crippen MR) is 122 cm³/mol. The quantitative estimate of drug-likeness (QED) is 0.540. The summed E-state index contributed by atoms with van der Waals surface area (Å²) in [5, 5.41) is 4.09. The number of ether oxygens (including phenoxy) is 3. The summed E-state index contributed by atoms with van der Waals surface area (Å²) < 4.78 is 21.8. The van der Waals surface area contributed by atoms with Gasteiger partial charge in [0.05, 0.1) is 27.0 Å². The molecule has 0 spiro atoms. The molecule has 9 heteroatoms. The van der Waals surface area contributed by atoms with Crippen LogP contribution in [0.3, 0.4) is 0 Å². The summed E-state index contributed by atoms with van der Waals surface area (Å²) in [6.45, 7) is 5.09. The van der Waals surface area contributed by atoms with Crippen molar-refractivity contribution >= 4 is 5.91 Å². The Kier molecular flexibility index (Phi) is 6.79. The molecule has 1 saturated heterocycles. The lowest BCUT2D eigenvalue weighted by Gasteiger charge is -2.35. The second-order valence-corrected chi connectivity index (χ2v) is 7.74. The molecule has 3 aromatic rings. The zero-order chi connectivity index (χ0) is 23.4. The Labute approximate surface area is 192 Å². The van der Waals surface area contributed by atoms with Crippen LogP contribution in [0.5, 0.6) is 17.2 Å². The van der Waals surface area contributed by atoms with Crippen molar-refractivity contribution in [3.05, 3.63) is 53.4 Å². The number of methoxy groups -OCH3 is 3. The lowest BCUT2D eigenvalue weighted by molar-refractivity contribution is 0.0626. The summed E-state index contributed by atoms with van der Waals surface area (Å²) in [6, 6.07) is 9.37. The van der Waals surface area contributed by atoms with Gasteiger partial charge in [0, 0.05) is 44.5 Å². The van der Waals surface area contributed by atoms with Gasteiger partial charge in [-0.15, -0.1) is 0 Å². The van der Waals surface area contributed by atoms with E-state index >= 15 is 0 Å². The molecule has 0 radical (unpaired) electrons. The zero-order valence-corrected chi connectivity index (χ0v) is 19.3. The third-order valence-electron chi connectivity index (χ3n) is 5.82. The molecule has 0 atom stereocenters. The van der Waals surface area contributed by atoms with Gasteiger partial charge in [-0.1, -0.05) is 17.3 Å². The van der Waals surface area contributed by atoms with E-state index in [9.17, 15) is 4.79 Å². The van der Waals surface area contributed by atoms with Gasteiger partial charge in [0.25, 0.3) is 5.91 Å². The smallest absolute Gasteiger partial charge is 0.259 e. The number of amides is 1. The van der Waals surface area contributed by atoms with Gasteiger partial charge in [-0.05, 0) is 25.1 Å². The van der Waals surface area contributed by atoms with Crippen molar-refractivity contribution in [3.8, 4) is 28.6 Å². The first-order chi connectivity index (χ1) is 16.1. The Balaban J connectivity index is 1.46. The molecular formula is C24H28N4O5. The molecule has 1 fully saturated rings. The van der Waals surface area contributed by atoms with Crippen LogP contribution in [0.2, 0.25) is 0 Å². The number of hydrogen-bond donors (Lipinski definition) is 0. The van der Waals surface area contributed by atoms with Crippen LogP contribution in [0.25, 0.3) is 11.4 Å². The molecule has 0 saturated carbocycles. The van der Waals surface area contributed by atoms with Crippen LogP contribution < -0.4 is 14.2 Å². The van der Waals surface area contributed by atoms with Gasteiger partial charge >= 0.3 is 0 Å². The fraction of sp³-hybridized carbons (Fsp3) is 0.375. The Hall–Kier alpha value is -3.59. The molecule has 4 rings (SSSR count). The first kappa shape index (κ1) is 22.6. The van der Waals surface area contributed by atoms with Crippen molar-refractivity contribution in [2.45, 2.75) is 13.5 Å². The Morgan fingerprint density at radius 2 is 1.76 bits per heavy atom. The maximum Gasteiger partial charge on any atom is 0.259 e. The monoisotopic (exact) mass is 452 g/mol. The molecule has 0 aliphatic carbocycles. The highest BCUT2D eigenvalue weighted by molar-refractivity contribution is 6.00. The van der Waals surface area contributed by atoms with Crippen LogP contribution in [-0.2, 0) is 6.54 Å². The van der Waals surface area contributed by atoms with E-state index < -0.39 is 0 Å². The Morgan fingerprint density at radius 1 is 1.00 bits per heavy atom. The molecule has 2 aromatic heterocycles. The van der Waals surface area contributed by atoms with E-state index in [1.165, 1.54) is 0 Å². The van der Waals surface area contributed by atoms with Gasteiger partial charge in [0.2, 0.25) is 5.75 Å². The average molecular weight is 453 g/mol. The van der Waals surface area contributed by atoms with E-state index in [1.807, 2.05) is 35.2 Å². The summed E-state index contributed by atoms with van der Waals surface area (Å²) in [7, 11) is 4.82.